The number of hydrogen-bond donors (Lipinski definition) is 0. The Morgan fingerprint density at radius 2 is 1.60 bits per heavy atom. The van der Waals surface area contributed by atoms with Crippen LogP contribution in [-0.4, -0.2) is 17.6 Å². The molecule has 0 saturated carbocycles. The molecule has 0 atom stereocenters. The number of carbonyl (C=O) groups excluding carboxylic acids is 1. The minimum absolute atomic E-state index is 0.303. The number of aryl methyl sites for hydroxylation is 2. The van der Waals surface area contributed by atoms with Crippen LogP contribution in [0.25, 0.3) is 21.8 Å². The number of ether oxygens (including phenoxy) is 1. The molecular formula is C22H19NO2. The minimum atomic E-state index is -0.303. The van der Waals surface area contributed by atoms with Crippen LogP contribution >= 0.6 is 0 Å². The van der Waals surface area contributed by atoms with Gasteiger partial charge in [-0.15, -0.1) is 0 Å². The van der Waals surface area contributed by atoms with Crippen LogP contribution in [0.5, 0.6) is 0 Å². The van der Waals surface area contributed by atoms with Gasteiger partial charge in [-0.25, -0.2) is 4.79 Å². The summed E-state index contributed by atoms with van der Waals surface area (Å²) in [5.41, 5.74) is 4.24. The third-order valence-electron chi connectivity index (χ3n) is 4.66. The molecular weight excluding hydrogens is 310 g/mol. The SMILES string of the molecule is COC(=O)c1ccc2c(c1)c1ccccc1n2CCc1ccccc1. The molecule has 0 amide bonds. The van der Waals surface area contributed by atoms with Gasteiger partial charge in [-0.1, -0.05) is 48.5 Å². The van der Waals surface area contributed by atoms with E-state index in [0.29, 0.717) is 5.56 Å². The zero-order chi connectivity index (χ0) is 17.2. The van der Waals surface area contributed by atoms with Crippen molar-refractivity contribution in [1.29, 1.82) is 0 Å². The lowest BCUT2D eigenvalue weighted by molar-refractivity contribution is 0.0601. The molecule has 0 fully saturated rings. The zero-order valence-electron chi connectivity index (χ0n) is 14.1. The van der Waals surface area contributed by atoms with Crippen molar-refractivity contribution in [3.8, 4) is 0 Å². The molecule has 124 valence electrons. The zero-order valence-corrected chi connectivity index (χ0v) is 14.1. The number of para-hydroxylation sites is 1. The molecule has 3 aromatic carbocycles. The van der Waals surface area contributed by atoms with Crippen molar-refractivity contribution in [3.63, 3.8) is 0 Å². The standard InChI is InChI=1S/C22H19NO2/c1-25-22(24)17-11-12-21-19(15-17)18-9-5-6-10-20(18)23(21)14-13-16-7-3-2-4-8-16/h2-12,15H,13-14H2,1H3. The van der Waals surface area contributed by atoms with Crippen molar-refractivity contribution in [3.05, 3.63) is 83.9 Å². The molecule has 0 spiro atoms. The smallest absolute Gasteiger partial charge is 0.337 e. The van der Waals surface area contributed by atoms with Crippen molar-refractivity contribution < 1.29 is 9.53 Å². The van der Waals surface area contributed by atoms with Gasteiger partial charge in [0.25, 0.3) is 0 Å². The summed E-state index contributed by atoms with van der Waals surface area (Å²) in [5, 5.41) is 2.25. The number of fused-ring (bicyclic) bond motifs is 3. The Balaban J connectivity index is 1.83. The lowest BCUT2D eigenvalue weighted by Crippen LogP contribution is -2.02. The normalized spacial score (nSPS) is 11.1. The summed E-state index contributed by atoms with van der Waals surface area (Å²) in [7, 11) is 1.41. The molecule has 1 heterocycles. The third-order valence-corrected chi connectivity index (χ3v) is 4.66. The molecule has 3 nitrogen and oxygen atoms in total. The van der Waals surface area contributed by atoms with Gasteiger partial charge in [-0.3, -0.25) is 0 Å². The summed E-state index contributed by atoms with van der Waals surface area (Å²) >= 11 is 0. The maximum Gasteiger partial charge on any atom is 0.337 e. The number of methoxy groups -OCH3 is 1. The summed E-state index contributed by atoms with van der Waals surface area (Å²) in [5.74, 6) is -0.303. The lowest BCUT2D eigenvalue weighted by Gasteiger charge is -2.08. The molecule has 25 heavy (non-hydrogen) atoms. The predicted octanol–water partition coefficient (Wildman–Crippen LogP) is 4.82. The summed E-state index contributed by atoms with van der Waals surface area (Å²) in [6.45, 7) is 0.894. The average Bonchev–Trinajstić information content (AvgIpc) is 2.99. The van der Waals surface area contributed by atoms with Gasteiger partial charge in [0.05, 0.1) is 12.7 Å². The molecule has 0 bridgehead atoms. The molecule has 1 aromatic heterocycles. The molecule has 4 rings (SSSR count). The van der Waals surface area contributed by atoms with Crippen LogP contribution < -0.4 is 0 Å². The highest BCUT2D eigenvalue weighted by Gasteiger charge is 2.13. The number of rotatable bonds is 4. The van der Waals surface area contributed by atoms with Gasteiger partial charge >= 0.3 is 5.97 Å². The fourth-order valence-electron chi connectivity index (χ4n) is 3.42. The van der Waals surface area contributed by atoms with Gasteiger partial charge in [0.2, 0.25) is 0 Å². The van der Waals surface area contributed by atoms with Crippen LogP contribution in [0.1, 0.15) is 15.9 Å². The molecule has 4 aromatic rings. The Morgan fingerprint density at radius 1 is 0.880 bits per heavy atom. The van der Waals surface area contributed by atoms with E-state index < -0.39 is 0 Å². The van der Waals surface area contributed by atoms with Crippen LogP contribution in [0.3, 0.4) is 0 Å². The number of aromatic nitrogens is 1. The fourth-order valence-corrected chi connectivity index (χ4v) is 3.42. The molecule has 0 radical (unpaired) electrons. The van der Waals surface area contributed by atoms with E-state index in [1.807, 2.05) is 30.3 Å². The number of carbonyl (C=O) groups is 1. The number of nitrogens with zero attached hydrogens (tertiary/aromatic N) is 1. The Kier molecular flexibility index (Phi) is 3.98. The maximum atomic E-state index is 11.9. The Labute approximate surface area is 146 Å². The van der Waals surface area contributed by atoms with E-state index in [-0.39, 0.29) is 5.97 Å². The van der Waals surface area contributed by atoms with Crippen LogP contribution in [0.2, 0.25) is 0 Å². The quantitative estimate of drug-likeness (QED) is 0.502. The number of esters is 1. The van der Waals surface area contributed by atoms with E-state index in [9.17, 15) is 4.79 Å². The van der Waals surface area contributed by atoms with Gasteiger partial charge in [0.1, 0.15) is 0 Å². The van der Waals surface area contributed by atoms with Crippen LogP contribution in [0.15, 0.2) is 72.8 Å². The molecule has 0 aliphatic heterocycles. The Bertz CT molecular complexity index is 1050. The summed E-state index contributed by atoms with van der Waals surface area (Å²) < 4.78 is 7.20. The predicted molar refractivity (Wildman–Crippen MR) is 101 cm³/mol. The Hall–Kier alpha value is -3.07. The van der Waals surface area contributed by atoms with Crippen molar-refractivity contribution >= 4 is 27.8 Å². The first kappa shape index (κ1) is 15.5. The van der Waals surface area contributed by atoms with Crippen molar-refractivity contribution in [2.45, 2.75) is 13.0 Å². The second-order valence-electron chi connectivity index (χ2n) is 6.13. The molecule has 0 N–H and O–H groups in total. The van der Waals surface area contributed by atoms with E-state index in [4.69, 9.17) is 4.74 Å². The van der Waals surface area contributed by atoms with Crippen molar-refractivity contribution in [2.75, 3.05) is 7.11 Å². The van der Waals surface area contributed by atoms with Crippen molar-refractivity contribution in [1.82, 2.24) is 4.57 Å². The van der Waals surface area contributed by atoms with E-state index in [1.165, 1.54) is 18.2 Å². The summed E-state index contributed by atoms with van der Waals surface area (Å²) in [4.78, 5) is 11.9. The summed E-state index contributed by atoms with van der Waals surface area (Å²) in [6.07, 6.45) is 0.966. The minimum Gasteiger partial charge on any atom is -0.465 e. The monoisotopic (exact) mass is 329 g/mol. The van der Waals surface area contributed by atoms with Gasteiger partial charge in [-0.2, -0.15) is 0 Å². The second kappa shape index (κ2) is 6.44. The highest BCUT2D eigenvalue weighted by molar-refractivity contribution is 6.10. The number of hydrogen-bond acceptors (Lipinski definition) is 2. The topological polar surface area (TPSA) is 31.2 Å². The van der Waals surface area contributed by atoms with Gasteiger partial charge in [0.15, 0.2) is 0 Å². The van der Waals surface area contributed by atoms with Gasteiger partial charge < -0.3 is 9.30 Å². The highest BCUT2D eigenvalue weighted by atomic mass is 16.5. The first-order chi connectivity index (χ1) is 12.3. The van der Waals surface area contributed by atoms with Gasteiger partial charge in [-0.05, 0) is 36.2 Å². The number of benzene rings is 3. The first-order valence-electron chi connectivity index (χ1n) is 8.41. The first-order valence-corrected chi connectivity index (χ1v) is 8.41. The molecule has 0 aliphatic carbocycles. The highest BCUT2D eigenvalue weighted by Crippen LogP contribution is 2.30. The fraction of sp³-hybridized carbons (Fsp3) is 0.136. The van der Waals surface area contributed by atoms with Crippen LogP contribution in [0, 0.1) is 0 Å². The van der Waals surface area contributed by atoms with Gasteiger partial charge in [0, 0.05) is 28.4 Å². The second-order valence-corrected chi connectivity index (χ2v) is 6.13. The van der Waals surface area contributed by atoms with Crippen LogP contribution in [-0.2, 0) is 17.7 Å². The summed E-state index contributed by atoms with van der Waals surface area (Å²) in [6, 6.07) is 24.6. The van der Waals surface area contributed by atoms with E-state index >= 15 is 0 Å². The van der Waals surface area contributed by atoms with E-state index in [1.54, 1.807) is 0 Å². The van der Waals surface area contributed by atoms with E-state index in [2.05, 4.69) is 47.0 Å². The molecule has 0 unspecified atom stereocenters. The average molecular weight is 329 g/mol. The lowest BCUT2D eigenvalue weighted by atomic mass is 10.1. The van der Waals surface area contributed by atoms with Crippen molar-refractivity contribution in [2.24, 2.45) is 0 Å². The molecule has 3 heteroatoms. The largest absolute Gasteiger partial charge is 0.465 e. The molecule has 0 saturated heterocycles. The molecule has 0 aliphatic rings. The maximum absolute atomic E-state index is 11.9. The Morgan fingerprint density at radius 3 is 2.40 bits per heavy atom. The third kappa shape index (κ3) is 2.78. The van der Waals surface area contributed by atoms with Crippen LogP contribution in [0.4, 0.5) is 0 Å². The van der Waals surface area contributed by atoms with E-state index in [0.717, 1.165) is 29.3 Å².